The van der Waals surface area contributed by atoms with Gasteiger partial charge < -0.3 is 9.47 Å². The number of alkyl halides is 2. The van der Waals surface area contributed by atoms with Crippen molar-refractivity contribution in [2.45, 2.75) is 57.2 Å². The summed E-state index contributed by atoms with van der Waals surface area (Å²) < 4.78 is 37.2. The van der Waals surface area contributed by atoms with Crippen molar-refractivity contribution in [3.8, 4) is 0 Å². The van der Waals surface area contributed by atoms with Crippen LogP contribution in [-0.4, -0.2) is 55.1 Å². The zero-order valence-electron chi connectivity index (χ0n) is 24.9. The van der Waals surface area contributed by atoms with E-state index in [1.54, 1.807) is 26.6 Å². The van der Waals surface area contributed by atoms with E-state index in [9.17, 15) is 8.78 Å². The molecule has 0 saturated carbocycles. The first-order chi connectivity index (χ1) is 21.1. The first-order valence-electron chi connectivity index (χ1n) is 15.3. The number of hydrogen-bond donors (Lipinski definition) is 0. The van der Waals surface area contributed by atoms with Crippen LogP contribution in [0.25, 0.3) is 32.6 Å². The maximum absolute atomic E-state index is 12.9. The van der Waals surface area contributed by atoms with Crippen LogP contribution >= 0.6 is 0 Å². The van der Waals surface area contributed by atoms with Crippen LogP contribution < -0.4 is 0 Å². The number of fused-ring (bicyclic) bond motifs is 6. The molecule has 0 unspecified atom stereocenters. The van der Waals surface area contributed by atoms with Gasteiger partial charge in [0.15, 0.2) is 11.9 Å². The Bertz CT molecular complexity index is 1630. The second-order valence-electron chi connectivity index (χ2n) is 11.6. The van der Waals surface area contributed by atoms with Crippen LogP contribution in [0, 0.1) is 0 Å². The molecule has 2 aromatic heterocycles. The topological polar surface area (TPSA) is 47.5 Å². The lowest BCUT2D eigenvalue weighted by Gasteiger charge is -2.33. The summed E-state index contributed by atoms with van der Waals surface area (Å²) in [6.07, 6.45) is 7.33. The van der Waals surface area contributed by atoms with Gasteiger partial charge in [0, 0.05) is 37.6 Å². The predicted octanol–water partition coefficient (Wildman–Crippen LogP) is 8.24. The molecule has 0 amide bonds. The number of pyridine rings is 2. The minimum atomic E-state index is -2.27. The normalized spacial score (nSPS) is 16.1. The number of methoxy groups -OCH3 is 2. The van der Waals surface area contributed by atoms with E-state index in [2.05, 4.69) is 46.4 Å². The molecule has 0 radical (unpaired) electrons. The molecule has 43 heavy (non-hydrogen) atoms. The quantitative estimate of drug-likeness (QED) is 0.149. The highest BCUT2D eigenvalue weighted by molar-refractivity contribution is 6.11. The van der Waals surface area contributed by atoms with Crippen LogP contribution in [0.2, 0.25) is 0 Å². The number of aromatic nitrogens is 2. The Kier molecular flexibility index (Phi) is 9.22. The first-order valence-corrected chi connectivity index (χ1v) is 15.3. The molecule has 0 spiro atoms. The van der Waals surface area contributed by atoms with Crippen molar-refractivity contribution >= 4 is 32.6 Å². The Hall–Kier alpha value is -3.52. The van der Waals surface area contributed by atoms with Gasteiger partial charge in [-0.3, -0.25) is 4.90 Å². The number of hydrogen-bond acceptors (Lipinski definition) is 5. The van der Waals surface area contributed by atoms with Crippen LogP contribution in [0.5, 0.6) is 0 Å². The van der Waals surface area contributed by atoms with Crippen molar-refractivity contribution in [1.29, 1.82) is 0 Å². The molecule has 3 aromatic carbocycles. The molecule has 1 aliphatic heterocycles. The maximum atomic E-state index is 12.9. The van der Waals surface area contributed by atoms with Crippen molar-refractivity contribution in [2.75, 3.05) is 33.9 Å². The molecule has 5 aromatic rings. The van der Waals surface area contributed by atoms with Crippen molar-refractivity contribution in [1.82, 2.24) is 14.9 Å². The highest BCUT2D eigenvalue weighted by Crippen LogP contribution is 2.43. The van der Waals surface area contributed by atoms with Crippen molar-refractivity contribution < 1.29 is 18.3 Å². The molecule has 1 saturated heterocycles. The Morgan fingerprint density at radius 1 is 0.837 bits per heavy atom. The minimum Gasteiger partial charge on any atom is -0.352 e. The average molecular weight is 584 g/mol. The van der Waals surface area contributed by atoms with Gasteiger partial charge in [0.05, 0.1) is 6.54 Å². The lowest BCUT2D eigenvalue weighted by atomic mass is 9.80. The third-order valence-corrected chi connectivity index (χ3v) is 9.03. The number of aryl methyl sites for hydroxylation is 2. The SMILES string of the molecule is COC(OC)c1cccc2c1c(C1CCN(CC(F)F)CC1)cc1c3c(ccc12)CCCC3.c1cnc2ncccc2c1. The molecule has 7 heteroatoms. The fourth-order valence-electron chi connectivity index (χ4n) is 7.00. The monoisotopic (exact) mass is 583 g/mol. The summed E-state index contributed by atoms with van der Waals surface area (Å²) in [5, 5.41) is 6.19. The maximum Gasteiger partial charge on any atom is 0.251 e. The summed E-state index contributed by atoms with van der Waals surface area (Å²) in [6, 6.07) is 21.2. The highest BCUT2D eigenvalue weighted by Gasteiger charge is 2.27. The number of halogens is 2. The minimum absolute atomic E-state index is 0.126. The molecule has 224 valence electrons. The Morgan fingerprint density at radius 2 is 1.56 bits per heavy atom. The lowest BCUT2D eigenvalue weighted by molar-refractivity contribution is -0.105. The summed E-state index contributed by atoms with van der Waals surface area (Å²) in [5.74, 6) is 0.334. The fraction of sp³-hybridized carbons (Fsp3) is 0.389. The number of benzene rings is 3. The third kappa shape index (κ3) is 6.26. The van der Waals surface area contributed by atoms with Gasteiger partial charge in [-0.15, -0.1) is 0 Å². The average Bonchev–Trinajstić information content (AvgIpc) is 3.05. The predicted molar refractivity (Wildman–Crippen MR) is 169 cm³/mol. The number of likely N-dealkylation sites (tertiary alicyclic amines) is 1. The van der Waals surface area contributed by atoms with Gasteiger partial charge in [-0.1, -0.05) is 30.3 Å². The summed E-state index contributed by atoms with van der Waals surface area (Å²) in [7, 11) is 3.35. The Morgan fingerprint density at radius 3 is 2.23 bits per heavy atom. The van der Waals surface area contributed by atoms with E-state index in [0.29, 0.717) is 19.0 Å². The van der Waals surface area contributed by atoms with E-state index in [-0.39, 0.29) is 6.54 Å². The third-order valence-electron chi connectivity index (χ3n) is 9.03. The number of ether oxygens (including phenoxy) is 2. The molecule has 3 heterocycles. The second-order valence-corrected chi connectivity index (χ2v) is 11.6. The van der Waals surface area contributed by atoms with Crippen LogP contribution in [-0.2, 0) is 22.3 Å². The molecule has 7 rings (SSSR count). The number of rotatable bonds is 6. The first kappa shape index (κ1) is 29.5. The van der Waals surface area contributed by atoms with Gasteiger partial charge in [-0.2, -0.15) is 0 Å². The summed E-state index contributed by atoms with van der Waals surface area (Å²) in [4.78, 5) is 10.0. The summed E-state index contributed by atoms with van der Waals surface area (Å²) in [5.41, 5.74) is 6.15. The molecule has 1 fully saturated rings. The molecule has 0 N–H and O–H groups in total. The smallest absolute Gasteiger partial charge is 0.251 e. The zero-order valence-corrected chi connectivity index (χ0v) is 24.9. The number of nitrogens with zero attached hydrogens (tertiary/aromatic N) is 3. The van der Waals surface area contributed by atoms with E-state index in [1.807, 2.05) is 29.2 Å². The van der Waals surface area contributed by atoms with Gasteiger partial charge in [0.2, 0.25) is 0 Å². The fourth-order valence-corrected chi connectivity index (χ4v) is 7.00. The molecular formula is C36H39F2N3O2. The second kappa shape index (κ2) is 13.4. The van der Waals surface area contributed by atoms with Gasteiger partial charge in [-0.25, -0.2) is 18.7 Å². The Balaban J connectivity index is 0.000000277. The van der Waals surface area contributed by atoms with E-state index >= 15 is 0 Å². The lowest BCUT2D eigenvalue weighted by Crippen LogP contribution is -2.36. The van der Waals surface area contributed by atoms with Crippen molar-refractivity contribution in [3.63, 3.8) is 0 Å². The molecular weight excluding hydrogens is 544 g/mol. The number of piperidine rings is 1. The van der Waals surface area contributed by atoms with E-state index < -0.39 is 12.7 Å². The van der Waals surface area contributed by atoms with E-state index in [0.717, 1.165) is 42.3 Å². The van der Waals surface area contributed by atoms with Crippen LogP contribution in [0.3, 0.4) is 0 Å². The largest absolute Gasteiger partial charge is 0.352 e. The molecule has 0 bridgehead atoms. The molecule has 2 aliphatic rings. The van der Waals surface area contributed by atoms with Gasteiger partial charge in [0.1, 0.15) is 0 Å². The molecule has 0 atom stereocenters. The van der Waals surface area contributed by atoms with Crippen LogP contribution in [0.4, 0.5) is 8.78 Å². The van der Waals surface area contributed by atoms with Gasteiger partial charge >= 0.3 is 0 Å². The van der Waals surface area contributed by atoms with E-state index in [1.165, 1.54) is 51.1 Å². The highest BCUT2D eigenvalue weighted by atomic mass is 19.3. The summed E-state index contributed by atoms with van der Waals surface area (Å²) >= 11 is 0. The standard InChI is InChI=1S/C28H33F2NO2.C8H6N2/c1-32-28(33-2)23-9-5-8-22-21-11-10-18-6-3-4-7-20(18)25(21)16-24(27(22)23)19-12-14-31(15-13-19)17-26(29)30;1-3-7-4-2-6-10-8(7)9-5-1/h5,8-11,16,19,26,28H,3-4,6-7,12-15,17H2,1-2H3;1-6H. The Labute approximate surface area is 251 Å². The van der Waals surface area contributed by atoms with Gasteiger partial charge in [0.25, 0.3) is 6.43 Å². The molecule has 5 nitrogen and oxygen atoms in total. The summed E-state index contributed by atoms with van der Waals surface area (Å²) in [6.45, 7) is 1.29. The van der Waals surface area contributed by atoms with Crippen molar-refractivity contribution in [2.24, 2.45) is 0 Å². The van der Waals surface area contributed by atoms with Crippen molar-refractivity contribution in [3.05, 3.63) is 95.3 Å². The molecule has 1 aliphatic carbocycles. The zero-order chi connectivity index (χ0) is 29.8. The van der Waals surface area contributed by atoms with E-state index in [4.69, 9.17) is 9.47 Å². The van der Waals surface area contributed by atoms with Crippen LogP contribution in [0.15, 0.2) is 73.1 Å². The van der Waals surface area contributed by atoms with Gasteiger partial charge in [-0.05, 0) is 126 Å². The van der Waals surface area contributed by atoms with Crippen LogP contribution in [0.1, 0.15) is 60.1 Å².